The summed E-state index contributed by atoms with van der Waals surface area (Å²) in [5.41, 5.74) is 3.87. The van der Waals surface area contributed by atoms with E-state index in [1.807, 2.05) is 51.1 Å². The van der Waals surface area contributed by atoms with Crippen LogP contribution in [0.5, 0.6) is 5.75 Å². The molecule has 0 aliphatic carbocycles. The van der Waals surface area contributed by atoms with Gasteiger partial charge < -0.3 is 14.4 Å². The maximum Gasteiger partial charge on any atom is 0.410 e. The van der Waals surface area contributed by atoms with Gasteiger partial charge in [0.1, 0.15) is 17.0 Å². The smallest absolute Gasteiger partial charge is 0.410 e. The Kier molecular flexibility index (Phi) is 7.42. The van der Waals surface area contributed by atoms with E-state index < -0.39 is 15.4 Å². The number of pyridine rings is 1. The standard InChI is InChI=1S/C31H36N2O5S/c1-30(2,3)38-29(34)33-18-15-31(16-19-33)14-13-26-20-25(11-12-28(26)37-31)24-9-7-23(8-10-24)21-39(35,36)22-27-6-4-5-17-32-27/h4-12,17,20H,13-16,18-19,21-22H2,1-3H3. The lowest BCUT2D eigenvalue weighted by Gasteiger charge is -2.44. The van der Waals surface area contributed by atoms with Crippen molar-refractivity contribution in [1.29, 1.82) is 0 Å². The molecule has 8 heteroatoms. The van der Waals surface area contributed by atoms with Crippen LogP contribution in [0.4, 0.5) is 4.79 Å². The summed E-state index contributed by atoms with van der Waals surface area (Å²) in [5.74, 6) is 0.823. The molecule has 5 rings (SSSR count). The Morgan fingerprint density at radius 1 is 0.974 bits per heavy atom. The van der Waals surface area contributed by atoms with E-state index in [1.54, 1.807) is 29.3 Å². The van der Waals surface area contributed by atoms with Crippen molar-refractivity contribution in [2.75, 3.05) is 13.1 Å². The number of fused-ring (bicyclic) bond motifs is 1. The lowest BCUT2D eigenvalue weighted by atomic mass is 9.82. The van der Waals surface area contributed by atoms with E-state index in [2.05, 4.69) is 17.1 Å². The quantitative estimate of drug-likeness (QED) is 0.391. The molecule has 0 radical (unpaired) electrons. The number of nitrogens with zero attached hydrogens (tertiary/aromatic N) is 2. The van der Waals surface area contributed by atoms with Crippen LogP contribution < -0.4 is 4.74 Å². The molecule has 1 aromatic heterocycles. The van der Waals surface area contributed by atoms with Gasteiger partial charge in [0.05, 0.1) is 17.2 Å². The molecule has 2 aromatic carbocycles. The molecule has 2 aliphatic heterocycles. The molecule has 0 saturated carbocycles. The van der Waals surface area contributed by atoms with Crippen molar-refractivity contribution in [2.24, 2.45) is 0 Å². The average molecular weight is 549 g/mol. The molecular weight excluding hydrogens is 512 g/mol. The van der Waals surface area contributed by atoms with Crippen LogP contribution in [-0.4, -0.2) is 48.7 Å². The predicted molar refractivity (Wildman–Crippen MR) is 151 cm³/mol. The van der Waals surface area contributed by atoms with E-state index in [1.165, 1.54) is 5.56 Å². The Labute approximate surface area is 231 Å². The number of piperidine rings is 1. The van der Waals surface area contributed by atoms with Crippen molar-refractivity contribution < 1.29 is 22.7 Å². The van der Waals surface area contributed by atoms with E-state index in [9.17, 15) is 13.2 Å². The van der Waals surface area contributed by atoms with Crippen LogP contribution in [0, 0.1) is 0 Å². The molecule has 206 valence electrons. The molecule has 7 nitrogen and oxygen atoms in total. The molecule has 2 aliphatic rings. The number of aromatic nitrogens is 1. The van der Waals surface area contributed by atoms with Gasteiger partial charge in [-0.15, -0.1) is 0 Å². The van der Waals surface area contributed by atoms with Crippen molar-refractivity contribution in [2.45, 2.75) is 69.2 Å². The minimum absolute atomic E-state index is 0.0185. The second-order valence-corrected chi connectivity index (χ2v) is 13.7. The normalized spacial score (nSPS) is 16.8. The molecule has 39 heavy (non-hydrogen) atoms. The number of likely N-dealkylation sites (tertiary alicyclic amines) is 1. The monoisotopic (exact) mass is 548 g/mol. The first kappa shape index (κ1) is 27.2. The van der Waals surface area contributed by atoms with E-state index in [0.29, 0.717) is 18.8 Å². The van der Waals surface area contributed by atoms with Crippen molar-refractivity contribution in [3.05, 3.63) is 83.7 Å². The third kappa shape index (κ3) is 6.79. The van der Waals surface area contributed by atoms with Gasteiger partial charge in [-0.25, -0.2) is 13.2 Å². The highest BCUT2D eigenvalue weighted by Crippen LogP contribution is 2.41. The van der Waals surface area contributed by atoms with Gasteiger partial charge in [0, 0.05) is 32.1 Å². The van der Waals surface area contributed by atoms with Crippen molar-refractivity contribution in [3.8, 4) is 16.9 Å². The zero-order valence-corrected chi connectivity index (χ0v) is 23.7. The highest BCUT2D eigenvalue weighted by molar-refractivity contribution is 7.89. The fraction of sp³-hybridized carbons (Fsp3) is 0.419. The fourth-order valence-corrected chi connectivity index (χ4v) is 6.71. The molecule has 3 heterocycles. The van der Waals surface area contributed by atoms with E-state index in [0.717, 1.165) is 48.1 Å². The van der Waals surface area contributed by atoms with Gasteiger partial charge in [0.2, 0.25) is 0 Å². The maximum absolute atomic E-state index is 12.6. The van der Waals surface area contributed by atoms with Gasteiger partial charge in [0.25, 0.3) is 0 Å². The van der Waals surface area contributed by atoms with Gasteiger partial charge in [-0.05, 0) is 80.1 Å². The van der Waals surface area contributed by atoms with Gasteiger partial charge in [-0.3, -0.25) is 4.98 Å². The molecule has 3 aromatic rings. The Morgan fingerprint density at radius 2 is 1.69 bits per heavy atom. The Morgan fingerprint density at radius 3 is 2.36 bits per heavy atom. The molecule has 1 spiro atoms. The number of aryl methyl sites for hydroxylation is 1. The summed E-state index contributed by atoms with van der Waals surface area (Å²) >= 11 is 0. The molecule has 0 unspecified atom stereocenters. The number of amides is 1. The highest BCUT2D eigenvalue weighted by Gasteiger charge is 2.41. The van der Waals surface area contributed by atoms with E-state index in [4.69, 9.17) is 9.47 Å². The summed E-state index contributed by atoms with van der Waals surface area (Å²) < 4.78 is 37.4. The Hall–Kier alpha value is -3.39. The second-order valence-electron chi connectivity index (χ2n) is 11.6. The first-order chi connectivity index (χ1) is 18.5. The molecule has 0 atom stereocenters. The number of rotatable bonds is 5. The second kappa shape index (κ2) is 10.6. The molecule has 0 bridgehead atoms. The lowest BCUT2D eigenvalue weighted by Crippen LogP contribution is -2.52. The van der Waals surface area contributed by atoms with Crippen LogP contribution in [0.2, 0.25) is 0 Å². The number of hydrogen-bond acceptors (Lipinski definition) is 6. The summed E-state index contributed by atoms with van der Waals surface area (Å²) in [6, 6.07) is 19.3. The molecular formula is C31H36N2O5S. The zero-order valence-electron chi connectivity index (χ0n) is 22.9. The van der Waals surface area contributed by atoms with Crippen molar-refractivity contribution in [1.82, 2.24) is 9.88 Å². The molecule has 1 saturated heterocycles. The number of ether oxygens (including phenoxy) is 2. The van der Waals surface area contributed by atoms with Gasteiger partial charge >= 0.3 is 6.09 Å². The van der Waals surface area contributed by atoms with Crippen molar-refractivity contribution in [3.63, 3.8) is 0 Å². The van der Waals surface area contributed by atoms with Crippen LogP contribution in [0.15, 0.2) is 66.9 Å². The maximum atomic E-state index is 12.6. The van der Waals surface area contributed by atoms with Gasteiger partial charge in [-0.1, -0.05) is 36.4 Å². The van der Waals surface area contributed by atoms with Crippen LogP contribution in [0.1, 0.15) is 56.9 Å². The number of sulfone groups is 1. The van der Waals surface area contributed by atoms with Crippen molar-refractivity contribution >= 4 is 15.9 Å². The molecule has 1 amide bonds. The fourth-order valence-electron chi connectivity index (χ4n) is 5.28. The Bertz CT molecular complexity index is 1420. The zero-order chi connectivity index (χ0) is 27.7. The Balaban J connectivity index is 1.21. The third-order valence-corrected chi connectivity index (χ3v) is 8.84. The van der Waals surface area contributed by atoms with Gasteiger partial charge in [0.15, 0.2) is 9.84 Å². The van der Waals surface area contributed by atoms with Crippen LogP contribution in [0.3, 0.4) is 0 Å². The number of benzene rings is 2. The SMILES string of the molecule is CC(C)(C)OC(=O)N1CCC2(CCc3cc(-c4ccc(CS(=O)(=O)Cc5ccccn5)cc4)ccc3O2)CC1. The van der Waals surface area contributed by atoms with E-state index >= 15 is 0 Å². The summed E-state index contributed by atoms with van der Waals surface area (Å²) in [6.45, 7) is 6.92. The van der Waals surface area contributed by atoms with Crippen LogP contribution in [-0.2, 0) is 32.5 Å². The van der Waals surface area contributed by atoms with Crippen LogP contribution >= 0.6 is 0 Å². The summed E-state index contributed by atoms with van der Waals surface area (Å²) in [6.07, 6.45) is 4.77. The van der Waals surface area contributed by atoms with Crippen LogP contribution in [0.25, 0.3) is 11.1 Å². The predicted octanol–water partition coefficient (Wildman–Crippen LogP) is 5.96. The topological polar surface area (TPSA) is 85.8 Å². The number of hydrogen-bond donors (Lipinski definition) is 0. The first-order valence-electron chi connectivity index (χ1n) is 13.5. The van der Waals surface area contributed by atoms with Gasteiger partial charge in [-0.2, -0.15) is 0 Å². The van der Waals surface area contributed by atoms with E-state index in [-0.39, 0.29) is 23.2 Å². The average Bonchev–Trinajstić information content (AvgIpc) is 2.88. The number of carbonyl (C=O) groups excluding carboxylic acids is 1. The minimum Gasteiger partial charge on any atom is -0.487 e. The third-order valence-electron chi connectivity index (χ3n) is 7.33. The summed E-state index contributed by atoms with van der Waals surface area (Å²) in [5, 5.41) is 0. The molecule has 0 N–H and O–H groups in total. The largest absolute Gasteiger partial charge is 0.487 e. The molecule has 1 fully saturated rings. The summed E-state index contributed by atoms with van der Waals surface area (Å²) in [4.78, 5) is 18.4. The highest BCUT2D eigenvalue weighted by atomic mass is 32.2. The number of carbonyl (C=O) groups is 1. The lowest BCUT2D eigenvalue weighted by molar-refractivity contribution is -0.0272. The summed E-state index contributed by atoms with van der Waals surface area (Å²) in [7, 11) is -3.32. The first-order valence-corrected chi connectivity index (χ1v) is 15.3. The minimum atomic E-state index is -3.32.